The number of hydrogen-bond acceptors (Lipinski definition) is 3. The maximum Gasteiger partial charge on any atom is 0.315 e. The van der Waals surface area contributed by atoms with Crippen molar-refractivity contribution in [3.05, 3.63) is 17.8 Å². The number of urea groups is 1. The Morgan fingerprint density at radius 1 is 1.32 bits per heavy atom. The van der Waals surface area contributed by atoms with E-state index in [0.29, 0.717) is 31.2 Å². The van der Waals surface area contributed by atoms with Gasteiger partial charge in [0.15, 0.2) is 0 Å². The summed E-state index contributed by atoms with van der Waals surface area (Å²) in [5.41, 5.74) is 0.798. The third-order valence-corrected chi connectivity index (χ3v) is 4.05. The quantitative estimate of drug-likeness (QED) is 0.896. The van der Waals surface area contributed by atoms with E-state index in [1.807, 2.05) is 0 Å². The van der Waals surface area contributed by atoms with Crippen molar-refractivity contribution >= 4 is 6.03 Å². The van der Waals surface area contributed by atoms with Crippen molar-refractivity contribution in [1.29, 1.82) is 0 Å². The Kier molecular flexibility index (Phi) is 5.42. The van der Waals surface area contributed by atoms with Crippen molar-refractivity contribution in [2.75, 3.05) is 6.54 Å². The van der Waals surface area contributed by atoms with Crippen LogP contribution in [0.15, 0.2) is 10.7 Å². The van der Waals surface area contributed by atoms with Crippen LogP contribution in [0.2, 0.25) is 0 Å². The van der Waals surface area contributed by atoms with E-state index in [1.54, 1.807) is 6.26 Å². The van der Waals surface area contributed by atoms with Gasteiger partial charge in [-0.2, -0.15) is 0 Å². The zero-order valence-electron chi connectivity index (χ0n) is 13.6. The van der Waals surface area contributed by atoms with Gasteiger partial charge in [-0.15, -0.1) is 0 Å². The molecule has 0 saturated heterocycles. The lowest BCUT2D eigenvalue weighted by molar-refractivity contribution is 0.201. The SMILES string of the molecule is CC(C)(C)c1coc(CNC(=O)NCC2CCC(F)CC2)n1. The number of aromatic nitrogens is 1. The molecule has 124 valence electrons. The summed E-state index contributed by atoms with van der Waals surface area (Å²) in [6, 6.07) is -0.238. The van der Waals surface area contributed by atoms with Crippen molar-refractivity contribution in [3.8, 4) is 0 Å². The second kappa shape index (κ2) is 7.11. The smallest absolute Gasteiger partial charge is 0.315 e. The molecule has 6 heteroatoms. The van der Waals surface area contributed by atoms with Crippen LogP contribution in [0.4, 0.5) is 9.18 Å². The summed E-state index contributed by atoms with van der Waals surface area (Å²) < 4.78 is 18.4. The number of nitrogens with one attached hydrogen (secondary N) is 2. The third kappa shape index (κ3) is 5.00. The summed E-state index contributed by atoms with van der Waals surface area (Å²) in [6.07, 6.45) is 3.88. The van der Waals surface area contributed by atoms with E-state index < -0.39 is 6.17 Å². The lowest BCUT2D eigenvalue weighted by Gasteiger charge is -2.24. The average Bonchev–Trinajstić information content (AvgIpc) is 2.93. The molecule has 0 unspecified atom stereocenters. The van der Waals surface area contributed by atoms with Crippen LogP contribution in [0.3, 0.4) is 0 Å². The first-order valence-corrected chi connectivity index (χ1v) is 7.95. The van der Waals surface area contributed by atoms with Crippen LogP contribution in [-0.2, 0) is 12.0 Å². The molecule has 0 aliphatic heterocycles. The molecule has 0 bridgehead atoms. The Hall–Kier alpha value is -1.59. The Bertz CT molecular complexity index is 488. The van der Waals surface area contributed by atoms with E-state index in [2.05, 4.69) is 36.4 Å². The van der Waals surface area contributed by atoms with Crippen molar-refractivity contribution in [1.82, 2.24) is 15.6 Å². The van der Waals surface area contributed by atoms with E-state index in [9.17, 15) is 9.18 Å². The predicted molar refractivity (Wildman–Crippen MR) is 82.3 cm³/mol. The highest BCUT2D eigenvalue weighted by Crippen LogP contribution is 2.25. The maximum atomic E-state index is 13.0. The van der Waals surface area contributed by atoms with Crippen LogP contribution in [0, 0.1) is 5.92 Å². The highest BCUT2D eigenvalue weighted by atomic mass is 19.1. The van der Waals surface area contributed by atoms with E-state index in [1.165, 1.54) is 0 Å². The number of amides is 2. The largest absolute Gasteiger partial charge is 0.447 e. The van der Waals surface area contributed by atoms with Crippen LogP contribution in [-0.4, -0.2) is 23.7 Å². The molecule has 2 amide bonds. The first kappa shape index (κ1) is 16.8. The summed E-state index contributed by atoms with van der Waals surface area (Å²) in [6.45, 7) is 7.03. The molecule has 0 spiro atoms. The summed E-state index contributed by atoms with van der Waals surface area (Å²) in [4.78, 5) is 16.1. The predicted octanol–water partition coefficient (Wildman–Crippen LogP) is 3.30. The molecule has 2 rings (SSSR count). The number of hydrogen-bond donors (Lipinski definition) is 2. The molecule has 22 heavy (non-hydrogen) atoms. The summed E-state index contributed by atoms with van der Waals surface area (Å²) >= 11 is 0. The van der Waals surface area contributed by atoms with Gasteiger partial charge in [-0.1, -0.05) is 20.8 Å². The Balaban J connectivity index is 1.68. The molecule has 1 aromatic rings. The molecule has 1 aliphatic rings. The molecule has 0 aromatic carbocycles. The molecule has 1 heterocycles. The van der Waals surface area contributed by atoms with E-state index >= 15 is 0 Å². The van der Waals surface area contributed by atoms with Gasteiger partial charge in [-0.3, -0.25) is 0 Å². The van der Waals surface area contributed by atoms with Gasteiger partial charge in [0.1, 0.15) is 12.4 Å². The minimum absolute atomic E-state index is 0.0702. The number of nitrogens with zero attached hydrogens (tertiary/aromatic N) is 1. The van der Waals surface area contributed by atoms with Gasteiger partial charge in [0.05, 0.1) is 12.2 Å². The summed E-state index contributed by atoms with van der Waals surface area (Å²) in [5, 5.41) is 5.56. The summed E-state index contributed by atoms with van der Waals surface area (Å²) in [5.74, 6) is 0.880. The lowest BCUT2D eigenvalue weighted by atomic mass is 9.88. The standard InChI is InChI=1S/C16H26FN3O2/c1-16(2,3)13-10-22-14(20-13)9-19-15(21)18-8-11-4-6-12(17)7-5-11/h10-12H,4-9H2,1-3H3,(H2,18,19,21). The first-order chi connectivity index (χ1) is 10.3. The lowest BCUT2D eigenvalue weighted by Crippen LogP contribution is -2.38. The molecule has 2 N–H and O–H groups in total. The Labute approximate surface area is 131 Å². The van der Waals surface area contributed by atoms with Gasteiger partial charge >= 0.3 is 6.03 Å². The number of carbonyl (C=O) groups excluding carboxylic acids is 1. The van der Waals surface area contributed by atoms with Gasteiger partial charge in [-0.25, -0.2) is 14.2 Å². The van der Waals surface area contributed by atoms with Gasteiger partial charge in [0.25, 0.3) is 0 Å². The Morgan fingerprint density at radius 2 is 2.00 bits per heavy atom. The fourth-order valence-electron chi connectivity index (χ4n) is 2.52. The van der Waals surface area contributed by atoms with Crippen molar-refractivity contribution in [2.45, 2.75) is 64.6 Å². The van der Waals surface area contributed by atoms with Gasteiger partial charge in [-0.05, 0) is 31.6 Å². The highest BCUT2D eigenvalue weighted by Gasteiger charge is 2.21. The van der Waals surface area contributed by atoms with Crippen LogP contribution in [0.1, 0.15) is 58.0 Å². The molecule has 5 nitrogen and oxygen atoms in total. The minimum atomic E-state index is -0.660. The highest BCUT2D eigenvalue weighted by molar-refractivity contribution is 5.73. The van der Waals surface area contributed by atoms with Crippen molar-refractivity contribution < 1.29 is 13.6 Å². The van der Waals surface area contributed by atoms with Gasteiger partial charge in [0, 0.05) is 12.0 Å². The molecule has 0 radical (unpaired) electrons. The fourth-order valence-corrected chi connectivity index (χ4v) is 2.52. The minimum Gasteiger partial charge on any atom is -0.447 e. The van der Waals surface area contributed by atoms with Crippen LogP contribution >= 0.6 is 0 Å². The van der Waals surface area contributed by atoms with Gasteiger partial charge < -0.3 is 15.1 Å². The van der Waals surface area contributed by atoms with Crippen LogP contribution < -0.4 is 10.6 Å². The number of rotatable bonds is 4. The first-order valence-electron chi connectivity index (χ1n) is 7.95. The molecule has 1 fully saturated rings. The van der Waals surface area contributed by atoms with E-state index in [-0.39, 0.29) is 18.0 Å². The fraction of sp³-hybridized carbons (Fsp3) is 0.750. The number of alkyl halides is 1. The average molecular weight is 311 g/mol. The number of halogens is 1. The van der Waals surface area contributed by atoms with Crippen molar-refractivity contribution in [3.63, 3.8) is 0 Å². The zero-order valence-corrected chi connectivity index (χ0v) is 13.6. The topological polar surface area (TPSA) is 67.2 Å². The molecule has 0 atom stereocenters. The zero-order chi connectivity index (χ0) is 16.2. The number of oxazole rings is 1. The molecule has 1 saturated carbocycles. The molecule has 1 aliphatic carbocycles. The second-order valence-corrected chi connectivity index (χ2v) is 7.06. The van der Waals surface area contributed by atoms with Crippen LogP contribution in [0.25, 0.3) is 0 Å². The van der Waals surface area contributed by atoms with Crippen LogP contribution in [0.5, 0.6) is 0 Å². The normalized spacial score (nSPS) is 22.4. The molecule has 1 aromatic heterocycles. The Morgan fingerprint density at radius 3 is 2.59 bits per heavy atom. The van der Waals surface area contributed by atoms with Crippen molar-refractivity contribution in [2.24, 2.45) is 5.92 Å². The van der Waals surface area contributed by atoms with E-state index in [0.717, 1.165) is 18.5 Å². The van der Waals surface area contributed by atoms with E-state index in [4.69, 9.17) is 4.42 Å². The summed E-state index contributed by atoms with van der Waals surface area (Å²) in [7, 11) is 0. The number of carbonyl (C=O) groups is 1. The molecular weight excluding hydrogens is 285 g/mol. The monoisotopic (exact) mass is 311 g/mol. The maximum absolute atomic E-state index is 13.0. The molecular formula is C16H26FN3O2. The van der Waals surface area contributed by atoms with Gasteiger partial charge in [0.2, 0.25) is 5.89 Å². The second-order valence-electron chi connectivity index (χ2n) is 7.06. The third-order valence-electron chi connectivity index (χ3n) is 4.05.